The van der Waals surface area contributed by atoms with Crippen molar-refractivity contribution in [1.29, 1.82) is 0 Å². The molecule has 1 aromatic carbocycles. The van der Waals surface area contributed by atoms with E-state index in [0.717, 1.165) is 22.5 Å². The zero-order chi connectivity index (χ0) is 18.6. The number of hydrogen-bond acceptors (Lipinski definition) is 3. The third kappa shape index (κ3) is 2.53. The van der Waals surface area contributed by atoms with Crippen molar-refractivity contribution in [2.24, 2.45) is 0 Å². The van der Waals surface area contributed by atoms with Gasteiger partial charge in [0.1, 0.15) is 0 Å². The lowest BCUT2D eigenvalue weighted by atomic mass is 10.0. The lowest BCUT2D eigenvalue weighted by Gasteiger charge is -2.15. The quantitative estimate of drug-likeness (QED) is 0.563. The van der Waals surface area contributed by atoms with E-state index in [1.165, 1.54) is 10.6 Å². The number of rotatable bonds is 2. The summed E-state index contributed by atoms with van der Waals surface area (Å²) < 4.78 is 42.4. The van der Waals surface area contributed by atoms with E-state index in [9.17, 15) is 13.2 Å². The Hall–Kier alpha value is -2.90. The standard InChI is InChI=1S/C18H16F3N5/c1-9(2)17-23-14-5-4-13(18(19,20)21)16(26(14)25-17)11-6-10(3)15-12(7-11)8-22-24-15/h4-9H,1-3H3,(H,22,24). The second-order valence-electron chi connectivity index (χ2n) is 6.62. The molecule has 0 fully saturated rings. The van der Waals surface area contributed by atoms with Crippen molar-refractivity contribution in [3.05, 3.63) is 47.4 Å². The summed E-state index contributed by atoms with van der Waals surface area (Å²) in [5.41, 5.74) is 1.67. The van der Waals surface area contributed by atoms with Gasteiger partial charge in [0.15, 0.2) is 11.5 Å². The van der Waals surface area contributed by atoms with Crippen molar-refractivity contribution in [3.63, 3.8) is 0 Å². The van der Waals surface area contributed by atoms with Gasteiger partial charge in [0.25, 0.3) is 0 Å². The SMILES string of the molecule is Cc1cc(-c2c(C(F)(F)F)ccc3nc(C(C)C)nn23)cc2cn[nH]c12. The van der Waals surface area contributed by atoms with Crippen molar-refractivity contribution in [2.75, 3.05) is 0 Å². The summed E-state index contributed by atoms with van der Waals surface area (Å²) in [7, 11) is 0. The average molecular weight is 359 g/mol. The molecule has 0 aliphatic heterocycles. The summed E-state index contributed by atoms with van der Waals surface area (Å²) in [6.07, 6.45) is -2.91. The monoisotopic (exact) mass is 359 g/mol. The van der Waals surface area contributed by atoms with Crippen LogP contribution in [0.5, 0.6) is 0 Å². The molecule has 0 unspecified atom stereocenters. The van der Waals surface area contributed by atoms with Gasteiger partial charge in [-0.2, -0.15) is 23.4 Å². The van der Waals surface area contributed by atoms with Crippen LogP contribution in [0.2, 0.25) is 0 Å². The van der Waals surface area contributed by atoms with Gasteiger partial charge in [-0.25, -0.2) is 9.50 Å². The van der Waals surface area contributed by atoms with Crippen LogP contribution in [0, 0.1) is 6.92 Å². The Balaban J connectivity index is 2.09. The molecule has 26 heavy (non-hydrogen) atoms. The smallest absolute Gasteiger partial charge is 0.278 e. The molecule has 0 radical (unpaired) electrons. The number of benzene rings is 1. The summed E-state index contributed by atoms with van der Waals surface area (Å²) in [4.78, 5) is 4.36. The van der Waals surface area contributed by atoms with Gasteiger partial charge < -0.3 is 0 Å². The molecular weight excluding hydrogens is 343 g/mol. The van der Waals surface area contributed by atoms with Crippen molar-refractivity contribution in [2.45, 2.75) is 32.9 Å². The molecule has 3 aromatic heterocycles. The Kier molecular flexibility index (Phi) is 3.54. The van der Waals surface area contributed by atoms with E-state index in [-0.39, 0.29) is 11.6 Å². The van der Waals surface area contributed by atoms with Crippen LogP contribution in [0.25, 0.3) is 27.8 Å². The fraction of sp³-hybridized carbons (Fsp3) is 0.278. The number of nitrogens with zero attached hydrogens (tertiary/aromatic N) is 4. The maximum atomic E-state index is 13.7. The maximum Gasteiger partial charge on any atom is 0.418 e. The second-order valence-corrected chi connectivity index (χ2v) is 6.62. The molecule has 4 aromatic rings. The Morgan fingerprint density at radius 2 is 1.92 bits per heavy atom. The molecule has 1 N–H and O–H groups in total. The highest BCUT2D eigenvalue weighted by molar-refractivity contribution is 5.87. The lowest BCUT2D eigenvalue weighted by molar-refractivity contribution is -0.137. The van der Waals surface area contributed by atoms with E-state index in [0.29, 0.717) is 17.0 Å². The van der Waals surface area contributed by atoms with E-state index >= 15 is 0 Å². The van der Waals surface area contributed by atoms with E-state index < -0.39 is 11.7 Å². The van der Waals surface area contributed by atoms with Gasteiger partial charge in [0, 0.05) is 16.9 Å². The fourth-order valence-electron chi connectivity index (χ4n) is 3.09. The van der Waals surface area contributed by atoms with Crippen LogP contribution < -0.4 is 0 Å². The first kappa shape index (κ1) is 16.6. The molecule has 0 aliphatic carbocycles. The molecule has 3 heterocycles. The molecule has 0 aliphatic rings. The van der Waals surface area contributed by atoms with Crippen LogP contribution in [0.4, 0.5) is 13.2 Å². The molecule has 0 atom stereocenters. The highest BCUT2D eigenvalue weighted by Crippen LogP contribution is 2.38. The number of aryl methyl sites for hydroxylation is 1. The summed E-state index contributed by atoms with van der Waals surface area (Å²) in [6, 6.07) is 5.82. The largest absolute Gasteiger partial charge is 0.418 e. The second kappa shape index (κ2) is 5.55. The molecule has 134 valence electrons. The Morgan fingerprint density at radius 3 is 2.62 bits per heavy atom. The Morgan fingerprint density at radius 1 is 1.15 bits per heavy atom. The first-order valence-corrected chi connectivity index (χ1v) is 8.16. The van der Waals surface area contributed by atoms with Crippen LogP contribution in [-0.4, -0.2) is 24.8 Å². The minimum absolute atomic E-state index is 0.00942. The first-order valence-electron chi connectivity index (χ1n) is 8.16. The predicted octanol–water partition coefficient (Wildman–Crippen LogP) is 4.72. The summed E-state index contributed by atoms with van der Waals surface area (Å²) in [5.74, 6) is 0.516. The van der Waals surface area contributed by atoms with Crippen molar-refractivity contribution < 1.29 is 13.2 Å². The molecule has 8 heteroatoms. The molecule has 0 bridgehead atoms. The Bertz CT molecular complexity index is 1120. The van der Waals surface area contributed by atoms with E-state index in [2.05, 4.69) is 20.3 Å². The Labute approximate surface area is 146 Å². The van der Waals surface area contributed by atoms with Crippen LogP contribution in [0.15, 0.2) is 30.5 Å². The van der Waals surface area contributed by atoms with E-state index in [4.69, 9.17) is 0 Å². The molecule has 0 saturated carbocycles. The minimum atomic E-state index is -4.51. The summed E-state index contributed by atoms with van der Waals surface area (Å²) >= 11 is 0. The molecular formula is C18H16F3N5. The number of nitrogens with one attached hydrogen (secondary N) is 1. The van der Waals surface area contributed by atoms with Gasteiger partial charge in [-0.3, -0.25) is 5.10 Å². The minimum Gasteiger partial charge on any atom is -0.278 e. The molecule has 5 nitrogen and oxygen atoms in total. The van der Waals surface area contributed by atoms with Crippen LogP contribution in [-0.2, 0) is 6.18 Å². The van der Waals surface area contributed by atoms with Gasteiger partial charge in [-0.05, 0) is 36.8 Å². The van der Waals surface area contributed by atoms with Crippen molar-refractivity contribution in [3.8, 4) is 11.3 Å². The van der Waals surface area contributed by atoms with Crippen LogP contribution >= 0.6 is 0 Å². The van der Waals surface area contributed by atoms with Gasteiger partial charge in [0.2, 0.25) is 0 Å². The average Bonchev–Trinajstić information content (AvgIpc) is 3.19. The normalized spacial score (nSPS) is 12.6. The number of alkyl halides is 3. The fourth-order valence-corrected chi connectivity index (χ4v) is 3.09. The van der Waals surface area contributed by atoms with Crippen LogP contribution in [0.1, 0.15) is 36.7 Å². The third-order valence-corrected chi connectivity index (χ3v) is 4.36. The number of fused-ring (bicyclic) bond motifs is 2. The summed E-state index contributed by atoms with van der Waals surface area (Å²) in [6.45, 7) is 5.64. The zero-order valence-corrected chi connectivity index (χ0v) is 14.4. The van der Waals surface area contributed by atoms with E-state index in [1.807, 2.05) is 20.8 Å². The zero-order valence-electron chi connectivity index (χ0n) is 14.4. The highest BCUT2D eigenvalue weighted by atomic mass is 19.4. The number of H-pyrrole nitrogens is 1. The highest BCUT2D eigenvalue weighted by Gasteiger charge is 2.35. The molecule has 4 rings (SSSR count). The predicted molar refractivity (Wildman–Crippen MR) is 91.9 cm³/mol. The number of aromatic amines is 1. The topological polar surface area (TPSA) is 58.9 Å². The van der Waals surface area contributed by atoms with E-state index in [1.54, 1.807) is 18.3 Å². The first-order chi connectivity index (χ1) is 12.3. The third-order valence-electron chi connectivity index (χ3n) is 4.36. The van der Waals surface area contributed by atoms with Crippen molar-refractivity contribution in [1.82, 2.24) is 24.8 Å². The lowest BCUT2D eigenvalue weighted by Crippen LogP contribution is -2.11. The maximum absolute atomic E-state index is 13.7. The van der Waals surface area contributed by atoms with Gasteiger partial charge in [-0.15, -0.1) is 0 Å². The number of hydrogen-bond donors (Lipinski definition) is 1. The number of pyridine rings is 1. The van der Waals surface area contributed by atoms with Crippen molar-refractivity contribution >= 4 is 16.6 Å². The van der Waals surface area contributed by atoms with Gasteiger partial charge in [-0.1, -0.05) is 13.8 Å². The number of aromatic nitrogens is 5. The molecule has 0 spiro atoms. The molecule has 0 saturated heterocycles. The number of halogens is 3. The molecule has 0 amide bonds. The van der Waals surface area contributed by atoms with Gasteiger partial charge >= 0.3 is 6.18 Å². The summed E-state index contributed by atoms with van der Waals surface area (Å²) in [5, 5.41) is 11.9. The van der Waals surface area contributed by atoms with Gasteiger partial charge in [0.05, 0.1) is 23.0 Å². The van der Waals surface area contributed by atoms with Crippen LogP contribution in [0.3, 0.4) is 0 Å².